The molecule has 5 heteroatoms. The second-order valence-corrected chi connectivity index (χ2v) is 7.80. The molecule has 0 spiro atoms. The van der Waals surface area contributed by atoms with Gasteiger partial charge >= 0.3 is 0 Å². The molecule has 4 rings (SSSR count). The van der Waals surface area contributed by atoms with Crippen molar-refractivity contribution in [3.05, 3.63) is 69.3 Å². The normalized spacial score (nSPS) is 11.4. The van der Waals surface area contributed by atoms with Crippen LogP contribution in [-0.2, 0) is 13.0 Å². The van der Waals surface area contributed by atoms with Crippen molar-refractivity contribution >= 4 is 44.1 Å². The van der Waals surface area contributed by atoms with Crippen LogP contribution in [0.25, 0.3) is 21.0 Å². The molecule has 0 saturated carbocycles. The highest BCUT2D eigenvalue weighted by molar-refractivity contribution is 7.98. The Morgan fingerprint density at radius 3 is 2.72 bits per heavy atom. The summed E-state index contributed by atoms with van der Waals surface area (Å²) in [5.41, 5.74) is 1.20. The molecule has 0 saturated heterocycles. The van der Waals surface area contributed by atoms with E-state index in [2.05, 4.69) is 31.2 Å². The summed E-state index contributed by atoms with van der Waals surface area (Å²) in [5, 5.41) is 3.88. The van der Waals surface area contributed by atoms with Gasteiger partial charge in [-0.2, -0.15) is 0 Å². The molecule has 0 aliphatic carbocycles. The standard InChI is InChI=1S/C20H18N2OS2/c1-3-15-11-17-18(25-15)21-20(24-2)22(19(17)23)12-14-9-6-8-13-7-4-5-10-16(13)14/h4-11H,3,12H2,1-2H3. The van der Waals surface area contributed by atoms with Crippen molar-refractivity contribution in [3.63, 3.8) is 0 Å². The maximum atomic E-state index is 13.1. The minimum absolute atomic E-state index is 0.0539. The van der Waals surface area contributed by atoms with Gasteiger partial charge in [0.15, 0.2) is 5.16 Å². The van der Waals surface area contributed by atoms with E-state index in [1.807, 2.05) is 30.5 Å². The van der Waals surface area contributed by atoms with Gasteiger partial charge in [-0.1, -0.05) is 61.2 Å². The van der Waals surface area contributed by atoms with Gasteiger partial charge in [-0.15, -0.1) is 11.3 Å². The van der Waals surface area contributed by atoms with Crippen molar-refractivity contribution in [2.75, 3.05) is 6.26 Å². The van der Waals surface area contributed by atoms with Crippen LogP contribution in [0.1, 0.15) is 17.4 Å². The molecule has 0 atom stereocenters. The number of aromatic nitrogens is 2. The number of hydrogen-bond acceptors (Lipinski definition) is 4. The Balaban J connectivity index is 1.91. The molecule has 2 aromatic heterocycles. The van der Waals surface area contributed by atoms with E-state index in [9.17, 15) is 4.79 Å². The lowest BCUT2D eigenvalue weighted by molar-refractivity contribution is 0.663. The number of nitrogens with zero attached hydrogens (tertiary/aromatic N) is 2. The van der Waals surface area contributed by atoms with E-state index < -0.39 is 0 Å². The Bertz CT molecular complexity index is 1120. The maximum Gasteiger partial charge on any atom is 0.263 e. The number of fused-ring (bicyclic) bond motifs is 2. The average molecular weight is 367 g/mol. The highest BCUT2D eigenvalue weighted by Crippen LogP contribution is 2.26. The van der Waals surface area contributed by atoms with Crippen molar-refractivity contribution in [2.24, 2.45) is 0 Å². The molecular formula is C20H18N2OS2. The van der Waals surface area contributed by atoms with E-state index >= 15 is 0 Å². The molecule has 0 amide bonds. The summed E-state index contributed by atoms with van der Waals surface area (Å²) in [6.07, 6.45) is 2.90. The predicted octanol–water partition coefficient (Wildman–Crippen LogP) is 4.94. The number of thioether (sulfide) groups is 1. The fourth-order valence-electron chi connectivity index (χ4n) is 3.12. The van der Waals surface area contributed by atoms with E-state index in [0.717, 1.165) is 27.4 Å². The molecule has 0 aliphatic rings. The van der Waals surface area contributed by atoms with Crippen molar-refractivity contribution in [3.8, 4) is 0 Å². The summed E-state index contributed by atoms with van der Waals surface area (Å²) >= 11 is 3.15. The zero-order chi connectivity index (χ0) is 17.4. The Hall–Kier alpha value is -2.11. The van der Waals surface area contributed by atoms with Crippen LogP contribution in [0.5, 0.6) is 0 Å². The Morgan fingerprint density at radius 2 is 1.92 bits per heavy atom. The van der Waals surface area contributed by atoms with Gasteiger partial charge in [0.2, 0.25) is 0 Å². The van der Waals surface area contributed by atoms with Crippen LogP contribution in [0.3, 0.4) is 0 Å². The van der Waals surface area contributed by atoms with Crippen molar-refractivity contribution in [2.45, 2.75) is 25.0 Å². The molecule has 0 radical (unpaired) electrons. The molecule has 4 aromatic rings. The van der Waals surface area contributed by atoms with Gasteiger partial charge in [0.05, 0.1) is 11.9 Å². The van der Waals surface area contributed by atoms with E-state index in [0.29, 0.717) is 6.54 Å². The summed E-state index contributed by atoms with van der Waals surface area (Å²) < 4.78 is 1.81. The summed E-state index contributed by atoms with van der Waals surface area (Å²) in [6.45, 7) is 2.64. The predicted molar refractivity (Wildman–Crippen MR) is 108 cm³/mol. The minimum atomic E-state index is 0.0539. The first-order valence-electron chi connectivity index (χ1n) is 8.25. The number of thiophene rings is 1. The van der Waals surface area contributed by atoms with Crippen LogP contribution < -0.4 is 5.56 Å². The first-order valence-corrected chi connectivity index (χ1v) is 10.3. The topological polar surface area (TPSA) is 34.9 Å². The van der Waals surface area contributed by atoms with E-state index in [4.69, 9.17) is 4.98 Å². The quantitative estimate of drug-likeness (QED) is 0.379. The number of aryl methyl sites for hydroxylation is 1. The van der Waals surface area contributed by atoms with E-state index in [1.165, 1.54) is 27.4 Å². The summed E-state index contributed by atoms with van der Waals surface area (Å²) in [5.74, 6) is 0. The van der Waals surface area contributed by atoms with Crippen LogP contribution in [0, 0.1) is 0 Å². The van der Waals surface area contributed by atoms with Crippen LogP contribution in [-0.4, -0.2) is 15.8 Å². The van der Waals surface area contributed by atoms with Crippen LogP contribution in [0.15, 0.2) is 58.5 Å². The van der Waals surface area contributed by atoms with Gasteiger partial charge in [-0.05, 0) is 35.1 Å². The second-order valence-electron chi connectivity index (χ2n) is 5.91. The average Bonchev–Trinajstić information content (AvgIpc) is 3.07. The third-order valence-electron chi connectivity index (χ3n) is 4.41. The first-order chi connectivity index (χ1) is 12.2. The molecule has 2 aromatic carbocycles. The third-order valence-corrected chi connectivity index (χ3v) is 6.26. The van der Waals surface area contributed by atoms with Gasteiger partial charge in [0, 0.05) is 4.88 Å². The van der Waals surface area contributed by atoms with Crippen LogP contribution in [0.2, 0.25) is 0 Å². The molecule has 25 heavy (non-hydrogen) atoms. The van der Waals surface area contributed by atoms with Gasteiger partial charge < -0.3 is 0 Å². The second kappa shape index (κ2) is 6.65. The Labute approximate surface area is 154 Å². The molecule has 0 fully saturated rings. The minimum Gasteiger partial charge on any atom is -0.283 e. The van der Waals surface area contributed by atoms with Crippen LogP contribution in [0.4, 0.5) is 0 Å². The van der Waals surface area contributed by atoms with Crippen molar-refractivity contribution in [1.82, 2.24) is 9.55 Å². The lowest BCUT2D eigenvalue weighted by Gasteiger charge is -2.12. The van der Waals surface area contributed by atoms with Gasteiger partial charge in [0.1, 0.15) is 4.83 Å². The van der Waals surface area contributed by atoms with Crippen LogP contribution >= 0.6 is 23.1 Å². The van der Waals surface area contributed by atoms with Gasteiger partial charge in [0.25, 0.3) is 5.56 Å². The summed E-state index contributed by atoms with van der Waals surface area (Å²) in [7, 11) is 0. The SMILES string of the molecule is CCc1cc2c(=O)n(Cc3cccc4ccccc34)c(SC)nc2s1. The molecule has 126 valence electrons. The number of rotatable bonds is 4. The van der Waals surface area contributed by atoms with E-state index in [-0.39, 0.29) is 5.56 Å². The molecule has 0 unspecified atom stereocenters. The number of benzene rings is 2. The Kier molecular flexibility index (Phi) is 4.36. The fourth-order valence-corrected chi connectivity index (χ4v) is 4.68. The largest absolute Gasteiger partial charge is 0.283 e. The Morgan fingerprint density at radius 1 is 1.12 bits per heavy atom. The highest BCUT2D eigenvalue weighted by atomic mass is 32.2. The molecule has 0 aliphatic heterocycles. The molecular weight excluding hydrogens is 348 g/mol. The monoisotopic (exact) mass is 366 g/mol. The first kappa shape index (κ1) is 16.4. The smallest absolute Gasteiger partial charge is 0.263 e. The third kappa shape index (κ3) is 2.87. The van der Waals surface area contributed by atoms with Gasteiger partial charge in [-0.3, -0.25) is 9.36 Å². The molecule has 0 N–H and O–H groups in total. The fraction of sp³-hybridized carbons (Fsp3) is 0.200. The molecule has 2 heterocycles. The zero-order valence-corrected chi connectivity index (χ0v) is 15.8. The van der Waals surface area contributed by atoms with Crippen molar-refractivity contribution in [1.29, 1.82) is 0 Å². The summed E-state index contributed by atoms with van der Waals surface area (Å²) in [6, 6.07) is 16.5. The van der Waals surface area contributed by atoms with E-state index in [1.54, 1.807) is 15.9 Å². The molecule has 3 nitrogen and oxygen atoms in total. The maximum absolute atomic E-state index is 13.1. The molecule has 0 bridgehead atoms. The lowest BCUT2D eigenvalue weighted by atomic mass is 10.0. The van der Waals surface area contributed by atoms with Gasteiger partial charge in [-0.25, -0.2) is 4.98 Å². The zero-order valence-electron chi connectivity index (χ0n) is 14.2. The summed E-state index contributed by atoms with van der Waals surface area (Å²) in [4.78, 5) is 19.9. The van der Waals surface area contributed by atoms with Crippen molar-refractivity contribution < 1.29 is 0 Å². The number of hydrogen-bond donors (Lipinski definition) is 0. The lowest BCUT2D eigenvalue weighted by Crippen LogP contribution is -2.23. The highest BCUT2D eigenvalue weighted by Gasteiger charge is 2.14.